The highest BCUT2D eigenvalue weighted by Gasteiger charge is 2.28. The van der Waals surface area contributed by atoms with Gasteiger partial charge in [0.15, 0.2) is 5.65 Å². The Morgan fingerprint density at radius 2 is 2.26 bits per heavy atom. The lowest BCUT2D eigenvalue weighted by Gasteiger charge is -2.15. The van der Waals surface area contributed by atoms with Gasteiger partial charge in [0.2, 0.25) is 5.95 Å². The molecular weight excluding hydrogens is 240 g/mol. The lowest BCUT2D eigenvalue weighted by Crippen LogP contribution is -2.19. The molecule has 1 unspecified atom stereocenters. The van der Waals surface area contributed by atoms with Crippen molar-refractivity contribution in [3.05, 3.63) is 6.20 Å². The van der Waals surface area contributed by atoms with E-state index in [9.17, 15) is 0 Å². The molecule has 0 saturated heterocycles. The van der Waals surface area contributed by atoms with Crippen LogP contribution in [-0.2, 0) is 0 Å². The third kappa shape index (κ3) is 2.62. The van der Waals surface area contributed by atoms with Crippen molar-refractivity contribution < 1.29 is 0 Å². The molecule has 1 saturated carbocycles. The second-order valence-corrected chi connectivity index (χ2v) is 5.23. The number of anilines is 2. The number of aromatic nitrogens is 4. The number of hydrogen-bond acceptors (Lipinski definition) is 5. The second-order valence-electron chi connectivity index (χ2n) is 5.23. The van der Waals surface area contributed by atoms with Crippen molar-refractivity contribution in [1.82, 2.24) is 20.2 Å². The molecule has 0 amide bonds. The van der Waals surface area contributed by atoms with E-state index >= 15 is 0 Å². The summed E-state index contributed by atoms with van der Waals surface area (Å²) in [5.41, 5.74) is 0.777. The smallest absolute Gasteiger partial charge is 0.226 e. The summed E-state index contributed by atoms with van der Waals surface area (Å²) in [6, 6.07) is 0.451. The number of nitrogens with one attached hydrogen (secondary N) is 3. The molecule has 0 bridgehead atoms. The van der Waals surface area contributed by atoms with Crippen molar-refractivity contribution in [3.63, 3.8) is 0 Å². The zero-order valence-electron chi connectivity index (χ0n) is 11.4. The summed E-state index contributed by atoms with van der Waals surface area (Å²) in [5, 5.41) is 14.6. The van der Waals surface area contributed by atoms with Crippen LogP contribution in [0, 0.1) is 5.92 Å². The van der Waals surface area contributed by atoms with Gasteiger partial charge in [-0.15, -0.1) is 0 Å². The molecule has 3 rings (SSSR count). The van der Waals surface area contributed by atoms with Crippen molar-refractivity contribution in [3.8, 4) is 0 Å². The first-order chi connectivity index (χ1) is 9.28. The fourth-order valence-electron chi connectivity index (χ4n) is 2.19. The third-order valence-electron chi connectivity index (χ3n) is 3.54. The maximum Gasteiger partial charge on any atom is 0.226 e. The molecule has 0 spiro atoms. The summed E-state index contributed by atoms with van der Waals surface area (Å²) in [6.07, 6.45) is 5.45. The molecule has 1 aliphatic carbocycles. The van der Waals surface area contributed by atoms with Crippen molar-refractivity contribution in [2.24, 2.45) is 5.92 Å². The Morgan fingerprint density at radius 3 is 3.00 bits per heavy atom. The van der Waals surface area contributed by atoms with Gasteiger partial charge in [0.1, 0.15) is 5.82 Å². The zero-order valence-corrected chi connectivity index (χ0v) is 11.4. The molecule has 1 aliphatic rings. The minimum absolute atomic E-state index is 0.451. The number of hydrogen-bond donors (Lipinski definition) is 3. The quantitative estimate of drug-likeness (QED) is 0.743. The summed E-state index contributed by atoms with van der Waals surface area (Å²) >= 11 is 0. The summed E-state index contributed by atoms with van der Waals surface area (Å²) in [5.74, 6) is 2.31. The first-order valence-electron chi connectivity index (χ1n) is 6.99. The van der Waals surface area contributed by atoms with Gasteiger partial charge in [-0.2, -0.15) is 15.1 Å². The Kier molecular flexibility index (Phi) is 3.23. The van der Waals surface area contributed by atoms with Crippen LogP contribution in [0.4, 0.5) is 11.8 Å². The first kappa shape index (κ1) is 12.2. The van der Waals surface area contributed by atoms with Crippen LogP contribution >= 0.6 is 0 Å². The SMILES string of the molecule is CCCNc1nc(NC(C)C2CC2)c2cn[nH]c2n1. The number of rotatable bonds is 6. The van der Waals surface area contributed by atoms with Crippen molar-refractivity contribution in [2.75, 3.05) is 17.2 Å². The minimum atomic E-state index is 0.451. The number of fused-ring (bicyclic) bond motifs is 1. The van der Waals surface area contributed by atoms with Gasteiger partial charge < -0.3 is 10.6 Å². The molecule has 2 heterocycles. The Bertz CT molecular complexity index is 559. The summed E-state index contributed by atoms with van der Waals surface area (Å²) in [4.78, 5) is 8.99. The second kappa shape index (κ2) is 5.03. The van der Waals surface area contributed by atoms with Crippen molar-refractivity contribution >= 4 is 22.8 Å². The van der Waals surface area contributed by atoms with Gasteiger partial charge in [-0.3, -0.25) is 5.10 Å². The summed E-state index contributed by atoms with van der Waals surface area (Å²) < 4.78 is 0. The predicted molar refractivity (Wildman–Crippen MR) is 76.3 cm³/mol. The average Bonchev–Trinajstić information content (AvgIpc) is 3.15. The van der Waals surface area contributed by atoms with E-state index in [1.165, 1.54) is 12.8 Å². The first-order valence-corrected chi connectivity index (χ1v) is 6.99. The minimum Gasteiger partial charge on any atom is -0.367 e. The Labute approximate surface area is 112 Å². The Morgan fingerprint density at radius 1 is 1.42 bits per heavy atom. The highest BCUT2D eigenvalue weighted by atomic mass is 15.2. The zero-order chi connectivity index (χ0) is 13.2. The van der Waals surface area contributed by atoms with Gasteiger partial charge in [-0.05, 0) is 32.1 Å². The topological polar surface area (TPSA) is 78.5 Å². The van der Waals surface area contributed by atoms with Crippen LogP contribution in [0.1, 0.15) is 33.1 Å². The fraction of sp³-hybridized carbons (Fsp3) is 0.615. The van der Waals surface area contributed by atoms with Gasteiger partial charge in [-0.25, -0.2) is 0 Å². The molecule has 19 heavy (non-hydrogen) atoms. The number of nitrogens with zero attached hydrogens (tertiary/aromatic N) is 3. The molecule has 1 atom stereocenters. The van der Waals surface area contributed by atoms with Crippen LogP contribution in [0.3, 0.4) is 0 Å². The van der Waals surface area contributed by atoms with Crippen LogP contribution in [0.15, 0.2) is 6.20 Å². The number of H-pyrrole nitrogens is 1. The van der Waals surface area contributed by atoms with Crippen LogP contribution in [-0.4, -0.2) is 32.8 Å². The maximum absolute atomic E-state index is 4.57. The van der Waals surface area contributed by atoms with E-state index in [0.29, 0.717) is 12.0 Å². The van der Waals surface area contributed by atoms with Crippen LogP contribution < -0.4 is 10.6 Å². The molecule has 0 aliphatic heterocycles. The van der Waals surface area contributed by atoms with E-state index < -0.39 is 0 Å². The highest BCUT2D eigenvalue weighted by molar-refractivity contribution is 5.87. The van der Waals surface area contributed by atoms with Crippen LogP contribution in [0.25, 0.3) is 11.0 Å². The van der Waals surface area contributed by atoms with E-state index in [0.717, 1.165) is 35.7 Å². The average molecular weight is 260 g/mol. The molecule has 0 radical (unpaired) electrons. The lowest BCUT2D eigenvalue weighted by atomic mass is 10.2. The Balaban J connectivity index is 1.88. The van der Waals surface area contributed by atoms with Gasteiger partial charge in [0.05, 0.1) is 11.6 Å². The summed E-state index contributed by atoms with van der Waals surface area (Å²) in [7, 11) is 0. The molecular formula is C13H20N6. The van der Waals surface area contributed by atoms with Crippen molar-refractivity contribution in [2.45, 2.75) is 39.2 Å². The fourth-order valence-corrected chi connectivity index (χ4v) is 2.19. The number of aromatic amines is 1. The molecule has 2 aromatic rings. The van der Waals surface area contributed by atoms with E-state index in [-0.39, 0.29) is 0 Å². The van der Waals surface area contributed by atoms with E-state index in [1.807, 2.05) is 0 Å². The van der Waals surface area contributed by atoms with E-state index in [4.69, 9.17) is 0 Å². The largest absolute Gasteiger partial charge is 0.367 e. The van der Waals surface area contributed by atoms with Gasteiger partial charge >= 0.3 is 0 Å². The van der Waals surface area contributed by atoms with Crippen molar-refractivity contribution in [1.29, 1.82) is 0 Å². The molecule has 1 fully saturated rings. The molecule has 102 valence electrons. The predicted octanol–water partition coefficient (Wildman–Crippen LogP) is 2.39. The molecule has 3 N–H and O–H groups in total. The highest BCUT2D eigenvalue weighted by Crippen LogP contribution is 2.34. The van der Waals surface area contributed by atoms with E-state index in [1.54, 1.807) is 6.20 Å². The molecule has 6 nitrogen and oxygen atoms in total. The maximum atomic E-state index is 4.57. The lowest BCUT2D eigenvalue weighted by molar-refractivity contribution is 0.691. The van der Waals surface area contributed by atoms with Crippen LogP contribution in [0.2, 0.25) is 0 Å². The monoisotopic (exact) mass is 260 g/mol. The van der Waals surface area contributed by atoms with Gasteiger partial charge in [-0.1, -0.05) is 6.92 Å². The third-order valence-corrected chi connectivity index (χ3v) is 3.54. The molecule has 2 aromatic heterocycles. The standard InChI is InChI=1S/C13H20N6/c1-3-6-14-13-17-11(16-8(2)9-4-5-9)10-7-15-19-12(10)18-13/h7-9H,3-6H2,1-2H3,(H3,14,15,16,17,18,19). The Hall–Kier alpha value is -1.85. The normalized spacial score (nSPS) is 16.5. The van der Waals surface area contributed by atoms with Gasteiger partial charge in [0, 0.05) is 12.6 Å². The summed E-state index contributed by atoms with van der Waals surface area (Å²) in [6.45, 7) is 5.21. The molecule has 6 heteroatoms. The molecule has 0 aromatic carbocycles. The van der Waals surface area contributed by atoms with Gasteiger partial charge in [0.25, 0.3) is 0 Å². The van der Waals surface area contributed by atoms with Crippen LogP contribution in [0.5, 0.6) is 0 Å². The van der Waals surface area contributed by atoms with E-state index in [2.05, 4.69) is 44.6 Å².